The van der Waals surface area contributed by atoms with Gasteiger partial charge in [0.25, 0.3) is 5.91 Å². The van der Waals surface area contributed by atoms with Crippen molar-refractivity contribution < 1.29 is 9.90 Å². The zero-order valence-electron chi connectivity index (χ0n) is 9.90. The first-order valence-electron chi connectivity index (χ1n) is 5.97. The van der Waals surface area contributed by atoms with Gasteiger partial charge in [-0.25, -0.2) is 0 Å². The van der Waals surface area contributed by atoms with Crippen molar-refractivity contribution >= 4 is 33.4 Å². The van der Waals surface area contributed by atoms with Crippen molar-refractivity contribution in [1.82, 2.24) is 4.90 Å². The molecular weight excluding hydrogens is 318 g/mol. The Bertz CT molecular complexity index is 445. The number of likely N-dealkylation sites (tertiary alicyclic amines) is 1. The van der Waals surface area contributed by atoms with Gasteiger partial charge < -0.3 is 10.0 Å². The van der Waals surface area contributed by atoms with Crippen molar-refractivity contribution in [2.45, 2.75) is 12.8 Å². The molecule has 1 N–H and O–H groups in total. The van der Waals surface area contributed by atoms with E-state index in [9.17, 15) is 4.79 Å². The molecule has 1 aliphatic heterocycles. The largest absolute Gasteiger partial charge is 0.396 e. The Morgan fingerprint density at radius 3 is 2.72 bits per heavy atom. The molecule has 0 bridgehead atoms. The average molecular weight is 333 g/mol. The third-order valence-corrected chi connectivity index (χ3v) is 4.64. The van der Waals surface area contributed by atoms with Crippen LogP contribution in [0, 0.1) is 5.92 Å². The van der Waals surface area contributed by atoms with Crippen molar-refractivity contribution in [3.05, 3.63) is 33.3 Å². The van der Waals surface area contributed by atoms with E-state index in [1.807, 2.05) is 12.1 Å². The summed E-state index contributed by atoms with van der Waals surface area (Å²) >= 11 is 9.45. The molecule has 1 amide bonds. The normalized spacial score (nSPS) is 16.9. The fourth-order valence-electron chi connectivity index (χ4n) is 2.16. The Morgan fingerprint density at radius 1 is 1.44 bits per heavy atom. The minimum atomic E-state index is -0.0299. The lowest BCUT2D eigenvalue weighted by atomic mass is 9.97. The first-order chi connectivity index (χ1) is 8.63. The van der Waals surface area contributed by atoms with Gasteiger partial charge in [0, 0.05) is 24.2 Å². The second-order valence-corrected chi connectivity index (χ2v) is 5.75. The molecule has 0 atom stereocenters. The van der Waals surface area contributed by atoms with Crippen LogP contribution in [0.15, 0.2) is 22.7 Å². The van der Waals surface area contributed by atoms with Gasteiger partial charge in [-0.05, 0) is 46.8 Å². The standard InChI is InChI=1S/C13H15BrClNO2/c14-11-3-1-2-10(12(11)15)13(18)16-6-4-9(8-17)5-7-16/h1-3,9,17H,4-8H2. The molecule has 1 heterocycles. The van der Waals surface area contributed by atoms with Gasteiger partial charge in [0.1, 0.15) is 0 Å². The van der Waals surface area contributed by atoms with Crippen molar-refractivity contribution in [3.63, 3.8) is 0 Å². The minimum Gasteiger partial charge on any atom is -0.396 e. The van der Waals surface area contributed by atoms with Crippen molar-refractivity contribution in [1.29, 1.82) is 0 Å². The van der Waals surface area contributed by atoms with E-state index in [2.05, 4.69) is 15.9 Å². The molecule has 5 heteroatoms. The van der Waals surface area contributed by atoms with Crippen LogP contribution in [0.4, 0.5) is 0 Å². The zero-order chi connectivity index (χ0) is 13.1. The Morgan fingerprint density at radius 2 is 2.11 bits per heavy atom. The van der Waals surface area contributed by atoms with Crippen LogP contribution in [0.2, 0.25) is 5.02 Å². The monoisotopic (exact) mass is 331 g/mol. The summed E-state index contributed by atoms with van der Waals surface area (Å²) in [6.07, 6.45) is 1.71. The summed E-state index contributed by atoms with van der Waals surface area (Å²) < 4.78 is 0.736. The van der Waals surface area contributed by atoms with E-state index >= 15 is 0 Å². The molecule has 0 unspecified atom stereocenters. The molecule has 0 aliphatic carbocycles. The molecule has 0 saturated carbocycles. The van der Waals surface area contributed by atoms with E-state index in [-0.39, 0.29) is 12.5 Å². The number of hydrogen-bond donors (Lipinski definition) is 1. The number of rotatable bonds is 2. The van der Waals surface area contributed by atoms with E-state index in [4.69, 9.17) is 16.7 Å². The van der Waals surface area contributed by atoms with Crippen LogP contribution < -0.4 is 0 Å². The lowest BCUT2D eigenvalue weighted by Crippen LogP contribution is -2.39. The smallest absolute Gasteiger partial charge is 0.255 e. The van der Waals surface area contributed by atoms with Gasteiger partial charge in [0.05, 0.1) is 10.6 Å². The number of carbonyl (C=O) groups excluding carboxylic acids is 1. The minimum absolute atomic E-state index is 0.0299. The van der Waals surface area contributed by atoms with E-state index in [1.165, 1.54) is 0 Å². The van der Waals surface area contributed by atoms with E-state index < -0.39 is 0 Å². The van der Waals surface area contributed by atoms with Gasteiger partial charge in [0.15, 0.2) is 0 Å². The number of amides is 1. The molecule has 2 rings (SSSR count). The van der Waals surface area contributed by atoms with Crippen LogP contribution in [0.3, 0.4) is 0 Å². The van der Waals surface area contributed by atoms with Gasteiger partial charge >= 0.3 is 0 Å². The zero-order valence-corrected chi connectivity index (χ0v) is 12.2. The Balaban J connectivity index is 2.10. The van der Waals surface area contributed by atoms with Crippen molar-refractivity contribution in [3.8, 4) is 0 Å². The number of carbonyl (C=O) groups is 1. The molecule has 1 fully saturated rings. The second kappa shape index (κ2) is 6.04. The number of piperidine rings is 1. The summed E-state index contributed by atoms with van der Waals surface area (Å²) in [5, 5.41) is 9.55. The van der Waals surface area contributed by atoms with Crippen molar-refractivity contribution in [2.75, 3.05) is 19.7 Å². The Kier molecular flexibility index (Phi) is 4.65. The molecule has 18 heavy (non-hydrogen) atoms. The third kappa shape index (κ3) is 2.87. The number of nitrogens with zero attached hydrogens (tertiary/aromatic N) is 1. The van der Waals surface area contributed by atoms with Gasteiger partial charge in [0.2, 0.25) is 0 Å². The molecule has 0 spiro atoms. The van der Waals surface area contributed by atoms with Crippen molar-refractivity contribution in [2.24, 2.45) is 5.92 Å². The number of halogens is 2. The Hall–Kier alpha value is -0.580. The highest BCUT2D eigenvalue weighted by atomic mass is 79.9. The maximum absolute atomic E-state index is 12.3. The lowest BCUT2D eigenvalue weighted by molar-refractivity contribution is 0.0651. The summed E-state index contributed by atoms with van der Waals surface area (Å²) in [5.74, 6) is 0.296. The molecular formula is C13H15BrClNO2. The molecule has 0 aromatic heterocycles. The highest BCUT2D eigenvalue weighted by Gasteiger charge is 2.24. The SMILES string of the molecule is O=C(c1cccc(Br)c1Cl)N1CCC(CO)CC1. The molecule has 98 valence electrons. The van der Waals surface area contributed by atoms with Crippen LogP contribution in [-0.4, -0.2) is 35.6 Å². The van der Waals surface area contributed by atoms with Crippen LogP contribution in [0.5, 0.6) is 0 Å². The first-order valence-corrected chi connectivity index (χ1v) is 7.14. The average Bonchev–Trinajstić information content (AvgIpc) is 2.41. The number of aliphatic hydroxyl groups is 1. The highest BCUT2D eigenvalue weighted by Crippen LogP contribution is 2.28. The van der Waals surface area contributed by atoms with Gasteiger partial charge in [-0.1, -0.05) is 17.7 Å². The van der Waals surface area contributed by atoms with Gasteiger partial charge in [-0.2, -0.15) is 0 Å². The fourth-order valence-corrected chi connectivity index (χ4v) is 2.73. The Labute approximate surface area is 120 Å². The lowest BCUT2D eigenvalue weighted by Gasteiger charge is -2.31. The predicted molar refractivity (Wildman–Crippen MR) is 74.9 cm³/mol. The number of aliphatic hydroxyl groups excluding tert-OH is 1. The topological polar surface area (TPSA) is 40.5 Å². The molecule has 1 saturated heterocycles. The van der Waals surface area contributed by atoms with E-state index in [0.29, 0.717) is 29.6 Å². The van der Waals surface area contributed by atoms with Crippen LogP contribution in [0.1, 0.15) is 23.2 Å². The summed E-state index contributed by atoms with van der Waals surface area (Å²) in [7, 11) is 0. The quantitative estimate of drug-likeness (QED) is 0.904. The number of hydrogen-bond acceptors (Lipinski definition) is 2. The van der Waals surface area contributed by atoms with Crippen LogP contribution in [-0.2, 0) is 0 Å². The molecule has 1 aromatic rings. The maximum Gasteiger partial charge on any atom is 0.255 e. The molecule has 1 aliphatic rings. The van der Waals surface area contributed by atoms with E-state index in [0.717, 1.165) is 17.3 Å². The van der Waals surface area contributed by atoms with Crippen LogP contribution in [0.25, 0.3) is 0 Å². The first kappa shape index (κ1) is 13.8. The van der Waals surface area contributed by atoms with Crippen LogP contribution >= 0.6 is 27.5 Å². The summed E-state index contributed by atoms with van der Waals surface area (Å²) in [4.78, 5) is 14.1. The molecule has 3 nitrogen and oxygen atoms in total. The fraction of sp³-hybridized carbons (Fsp3) is 0.462. The van der Waals surface area contributed by atoms with Gasteiger partial charge in [-0.3, -0.25) is 4.79 Å². The summed E-state index contributed by atoms with van der Waals surface area (Å²) in [6.45, 7) is 1.58. The molecule has 1 aromatic carbocycles. The number of benzene rings is 1. The second-order valence-electron chi connectivity index (χ2n) is 4.52. The van der Waals surface area contributed by atoms with Gasteiger partial charge in [-0.15, -0.1) is 0 Å². The van der Waals surface area contributed by atoms with E-state index in [1.54, 1.807) is 11.0 Å². The highest BCUT2D eigenvalue weighted by molar-refractivity contribution is 9.10. The third-order valence-electron chi connectivity index (χ3n) is 3.34. The molecule has 0 radical (unpaired) electrons. The maximum atomic E-state index is 12.3. The summed E-state index contributed by atoms with van der Waals surface area (Å²) in [6, 6.07) is 5.37. The predicted octanol–water partition coefficient (Wildman–Crippen LogP) is 2.95. The summed E-state index contributed by atoms with van der Waals surface area (Å²) in [5.41, 5.74) is 0.536.